The predicted molar refractivity (Wildman–Crippen MR) is 90.8 cm³/mol. The van der Waals surface area contributed by atoms with Crippen molar-refractivity contribution in [2.45, 2.75) is 29.6 Å². The summed E-state index contributed by atoms with van der Waals surface area (Å²) in [6, 6.07) is 9.60. The molecule has 118 valence electrons. The Kier molecular flexibility index (Phi) is 4.73. The summed E-state index contributed by atoms with van der Waals surface area (Å²) in [5.41, 5.74) is 4.32. The number of rotatable bonds is 5. The fourth-order valence-corrected chi connectivity index (χ4v) is 3.64. The van der Waals surface area contributed by atoms with Crippen LogP contribution in [0.4, 0.5) is 5.69 Å². The second kappa shape index (κ2) is 6.93. The topological polar surface area (TPSA) is 72.7 Å². The van der Waals surface area contributed by atoms with Gasteiger partial charge in [-0.3, -0.25) is 9.48 Å². The van der Waals surface area contributed by atoms with Crippen LogP contribution < -0.4 is 5.32 Å². The molecule has 0 saturated carbocycles. The summed E-state index contributed by atoms with van der Waals surface area (Å²) >= 11 is 2.95. The minimum absolute atomic E-state index is 0.110. The third-order valence-electron chi connectivity index (χ3n) is 3.10. The number of carbonyl (C=O) groups is 1. The van der Waals surface area contributed by atoms with E-state index in [2.05, 4.69) is 20.6 Å². The normalized spacial score (nSPS) is 10.7. The van der Waals surface area contributed by atoms with Crippen LogP contribution in [0.5, 0.6) is 0 Å². The van der Waals surface area contributed by atoms with E-state index in [-0.39, 0.29) is 12.5 Å². The second-order valence-corrected chi connectivity index (χ2v) is 7.06. The van der Waals surface area contributed by atoms with Crippen LogP contribution in [-0.4, -0.2) is 25.9 Å². The number of hydrogen-bond donors (Lipinski definition) is 1. The van der Waals surface area contributed by atoms with Crippen molar-refractivity contribution in [1.29, 1.82) is 0 Å². The second-order valence-electron chi connectivity index (χ2n) is 4.94. The Morgan fingerprint density at radius 3 is 2.87 bits per heavy atom. The van der Waals surface area contributed by atoms with Gasteiger partial charge in [0.2, 0.25) is 5.91 Å². The van der Waals surface area contributed by atoms with E-state index in [1.807, 2.05) is 44.2 Å². The van der Waals surface area contributed by atoms with Crippen LogP contribution in [0.15, 0.2) is 45.1 Å². The van der Waals surface area contributed by atoms with Crippen molar-refractivity contribution in [3.05, 3.63) is 47.2 Å². The molecular weight excluding hydrogens is 330 g/mol. The van der Waals surface area contributed by atoms with E-state index >= 15 is 0 Å². The zero-order valence-electron chi connectivity index (χ0n) is 12.7. The van der Waals surface area contributed by atoms with Crippen LogP contribution in [0.3, 0.4) is 0 Å². The van der Waals surface area contributed by atoms with Crippen molar-refractivity contribution in [3.63, 3.8) is 0 Å². The lowest BCUT2D eigenvalue weighted by atomic mass is 10.3. The molecule has 2 aromatic heterocycles. The number of hydrogen-bond acceptors (Lipinski definition) is 6. The van der Waals surface area contributed by atoms with E-state index in [0.717, 1.165) is 26.3 Å². The largest absolute Gasteiger partial charge is 0.323 e. The van der Waals surface area contributed by atoms with Crippen molar-refractivity contribution in [2.75, 3.05) is 5.32 Å². The molecule has 1 amide bonds. The molecule has 3 rings (SSSR count). The number of carbonyl (C=O) groups excluding carboxylic acids is 1. The summed E-state index contributed by atoms with van der Waals surface area (Å²) in [5.74, 6) is -0.110. The van der Waals surface area contributed by atoms with E-state index in [9.17, 15) is 4.79 Å². The highest BCUT2D eigenvalue weighted by molar-refractivity contribution is 8.01. The van der Waals surface area contributed by atoms with Crippen LogP contribution in [0.2, 0.25) is 0 Å². The van der Waals surface area contributed by atoms with Crippen molar-refractivity contribution in [3.8, 4) is 0 Å². The molecule has 0 radical (unpaired) electrons. The Morgan fingerprint density at radius 1 is 1.35 bits per heavy atom. The lowest BCUT2D eigenvalue weighted by molar-refractivity contribution is -0.116. The zero-order chi connectivity index (χ0) is 16.2. The number of amides is 1. The van der Waals surface area contributed by atoms with Gasteiger partial charge in [0.25, 0.3) is 0 Å². The Labute approximate surface area is 141 Å². The monoisotopic (exact) mass is 345 g/mol. The molecule has 0 atom stereocenters. The summed E-state index contributed by atoms with van der Waals surface area (Å²) in [5, 5.41) is 15.1. The maximum atomic E-state index is 12.3. The number of aromatic nitrogens is 4. The molecule has 23 heavy (non-hydrogen) atoms. The molecule has 1 N–H and O–H groups in total. The zero-order valence-corrected chi connectivity index (χ0v) is 14.3. The summed E-state index contributed by atoms with van der Waals surface area (Å²) in [6.45, 7) is 4.04. The van der Waals surface area contributed by atoms with Crippen molar-refractivity contribution in [1.82, 2.24) is 20.0 Å². The fraction of sp³-hybridized carbons (Fsp3) is 0.200. The number of benzene rings is 1. The Bertz CT molecular complexity index is 813. The van der Waals surface area contributed by atoms with Gasteiger partial charge in [-0.1, -0.05) is 35.2 Å². The number of anilines is 1. The Balaban J connectivity index is 1.72. The summed E-state index contributed by atoms with van der Waals surface area (Å²) in [7, 11) is 0. The Hall–Kier alpha value is -2.19. The van der Waals surface area contributed by atoms with Gasteiger partial charge in [0.15, 0.2) is 4.34 Å². The molecular formula is C15H15N5OS2. The van der Waals surface area contributed by atoms with Gasteiger partial charge in [0.05, 0.1) is 11.4 Å². The number of para-hydroxylation sites is 1. The Morgan fingerprint density at radius 2 is 2.17 bits per heavy atom. The molecule has 2 heterocycles. The maximum Gasteiger partial charge on any atom is 0.246 e. The average Bonchev–Trinajstić information content (AvgIpc) is 3.11. The molecule has 0 aliphatic carbocycles. The summed E-state index contributed by atoms with van der Waals surface area (Å²) < 4.78 is 2.54. The minimum Gasteiger partial charge on any atom is -0.323 e. The van der Waals surface area contributed by atoms with Gasteiger partial charge in [0, 0.05) is 10.6 Å². The number of nitrogens with one attached hydrogen (secondary N) is 1. The van der Waals surface area contributed by atoms with E-state index in [1.165, 1.54) is 23.1 Å². The molecule has 0 aliphatic rings. The lowest BCUT2D eigenvalue weighted by Crippen LogP contribution is -2.20. The van der Waals surface area contributed by atoms with E-state index in [4.69, 9.17) is 0 Å². The molecule has 0 fully saturated rings. The smallest absolute Gasteiger partial charge is 0.246 e. The minimum atomic E-state index is -0.110. The molecule has 0 spiro atoms. The van der Waals surface area contributed by atoms with Gasteiger partial charge < -0.3 is 5.32 Å². The molecule has 0 saturated heterocycles. The van der Waals surface area contributed by atoms with Crippen LogP contribution in [-0.2, 0) is 11.3 Å². The van der Waals surface area contributed by atoms with Crippen molar-refractivity contribution >= 4 is 34.7 Å². The molecule has 6 nitrogen and oxygen atoms in total. The first-order valence-corrected chi connectivity index (χ1v) is 8.65. The lowest BCUT2D eigenvalue weighted by Gasteiger charge is -2.10. The molecule has 1 aromatic carbocycles. The van der Waals surface area contributed by atoms with E-state index in [1.54, 1.807) is 10.2 Å². The summed E-state index contributed by atoms with van der Waals surface area (Å²) in [6.07, 6.45) is 0. The van der Waals surface area contributed by atoms with Crippen LogP contribution in [0.1, 0.15) is 11.4 Å². The standard InChI is InChI=1S/C15H15N5OS2/c1-10-7-11(2)20(19-10)8-14(21)17-12-5-3-4-6-13(12)23-15-18-16-9-22-15/h3-7,9H,8H2,1-2H3,(H,17,21). The molecule has 8 heteroatoms. The summed E-state index contributed by atoms with van der Waals surface area (Å²) in [4.78, 5) is 13.2. The van der Waals surface area contributed by atoms with Gasteiger partial charge in [-0.25, -0.2) is 0 Å². The third-order valence-corrected chi connectivity index (χ3v) is 4.95. The molecule has 0 unspecified atom stereocenters. The van der Waals surface area contributed by atoms with Crippen LogP contribution >= 0.6 is 23.1 Å². The first-order valence-electron chi connectivity index (χ1n) is 6.96. The highest BCUT2D eigenvalue weighted by atomic mass is 32.2. The maximum absolute atomic E-state index is 12.3. The van der Waals surface area contributed by atoms with Gasteiger partial charge in [0.1, 0.15) is 12.1 Å². The van der Waals surface area contributed by atoms with E-state index in [0.29, 0.717) is 0 Å². The number of aryl methyl sites for hydroxylation is 2. The van der Waals surface area contributed by atoms with Gasteiger partial charge >= 0.3 is 0 Å². The average molecular weight is 345 g/mol. The first-order chi connectivity index (χ1) is 11.1. The molecule has 3 aromatic rings. The predicted octanol–water partition coefficient (Wildman–Crippen LogP) is 3.14. The number of nitrogens with zero attached hydrogens (tertiary/aromatic N) is 4. The van der Waals surface area contributed by atoms with Gasteiger partial charge in [-0.15, -0.1) is 10.2 Å². The quantitative estimate of drug-likeness (QED) is 0.769. The van der Waals surface area contributed by atoms with Gasteiger partial charge in [-0.05, 0) is 32.0 Å². The van der Waals surface area contributed by atoms with E-state index < -0.39 is 0 Å². The van der Waals surface area contributed by atoms with Crippen molar-refractivity contribution in [2.24, 2.45) is 0 Å². The highest BCUT2D eigenvalue weighted by Crippen LogP contribution is 2.33. The fourth-order valence-electron chi connectivity index (χ4n) is 2.12. The third kappa shape index (κ3) is 3.96. The molecule has 0 aliphatic heterocycles. The van der Waals surface area contributed by atoms with Crippen molar-refractivity contribution < 1.29 is 4.79 Å². The first kappa shape index (κ1) is 15.7. The van der Waals surface area contributed by atoms with Gasteiger partial charge in [-0.2, -0.15) is 5.10 Å². The van der Waals surface area contributed by atoms with Crippen LogP contribution in [0.25, 0.3) is 0 Å². The molecule has 0 bridgehead atoms. The van der Waals surface area contributed by atoms with Crippen LogP contribution in [0, 0.1) is 13.8 Å². The SMILES string of the molecule is Cc1cc(C)n(CC(=O)Nc2ccccc2Sc2nncs2)n1. The highest BCUT2D eigenvalue weighted by Gasteiger charge is 2.11.